The average Bonchev–Trinajstić information content (AvgIpc) is 3.17. The third-order valence-electron chi connectivity index (χ3n) is 4.99. The number of carbonyl (C=O) groups excluding carboxylic acids is 2. The van der Waals surface area contributed by atoms with Gasteiger partial charge in [0.25, 0.3) is 0 Å². The largest absolute Gasteiger partial charge is 0.369 e. The van der Waals surface area contributed by atoms with Crippen molar-refractivity contribution in [3.8, 4) is 10.4 Å². The zero-order chi connectivity index (χ0) is 20.4. The number of aromatic nitrogens is 2. The van der Waals surface area contributed by atoms with Crippen molar-refractivity contribution in [3.63, 3.8) is 0 Å². The molecule has 0 spiro atoms. The smallest absolute Gasteiger partial charge is 0.232 e. The van der Waals surface area contributed by atoms with Crippen LogP contribution in [0.3, 0.4) is 0 Å². The summed E-state index contributed by atoms with van der Waals surface area (Å²) in [6, 6.07) is 8.29. The number of hydrogen-bond acceptors (Lipinski definition) is 6. The molecule has 0 atom stereocenters. The van der Waals surface area contributed by atoms with Crippen LogP contribution in [0.1, 0.15) is 12.8 Å². The highest BCUT2D eigenvalue weighted by Crippen LogP contribution is 2.37. The molecule has 4 rings (SSSR count). The predicted octanol–water partition coefficient (Wildman–Crippen LogP) is 3.31. The van der Waals surface area contributed by atoms with E-state index in [1.165, 1.54) is 41.6 Å². The summed E-state index contributed by atoms with van der Waals surface area (Å²) in [5.74, 6) is -0.394. The summed E-state index contributed by atoms with van der Waals surface area (Å²) in [4.78, 5) is 35.3. The van der Waals surface area contributed by atoms with Gasteiger partial charge in [-0.25, -0.2) is 14.4 Å². The number of carbonyl (C=O) groups is 2. The van der Waals surface area contributed by atoms with E-state index in [1.807, 2.05) is 6.07 Å². The van der Waals surface area contributed by atoms with Gasteiger partial charge in [-0.05, 0) is 36.6 Å². The van der Waals surface area contributed by atoms with Gasteiger partial charge in [-0.15, -0.1) is 11.3 Å². The first kappa shape index (κ1) is 19.8. The molecule has 3 heterocycles. The van der Waals surface area contributed by atoms with Gasteiger partial charge in [0.1, 0.15) is 17.2 Å². The van der Waals surface area contributed by atoms with Crippen LogP contribution in [-0.2, 0) is 9.59 Å². The van der Waals surface area contributed by atoms with Crippen LogP contribution in [0.15, 0.2) is 41.7 Å². The number of nitrogens with zero attached hydrogens (tertiary/aromatic N) is 3. The van der Waals surface area contributed by atoms with Gasteiger partial charge in [0, 0.05) is 23.9 Å². The molecule has 1 saturated heterocycles. The number of fused-ring (bicyclic) bond motifs is 1. The minimum Gasteiger partial charge on any atom is -0.369 e. The van der Waals surface area contributed by atoms with Crippen molar-refractivity contribution in [1.29, 1.82) is 0 Å². The molecule has 1 aromatic carbocycles. The normalized spacial score (nSPS) is 15.0. The first-order valence-corrected chi connectivity index (χ1v) is 11.0. The van der Waals surface area contributed by atoms with Crippen molar-refractivity contribution >= 4 is 45.1 Å². The molecule has 0 aliphatic carbocycles. The van der Waals surface area contributed by atoms with Crippen LogP contribution in [0, 0.1) is 11.7 Å². The summed E-state index contributed by atoms with van der Waals surface area (Å²) < 4.78 is 14.1. The zero-order valence-corrected chi connectivity index (χ0v) is 17.1. The van der Waals surface area contributed by atoms with E-state index in [-0.39, 0.29) is 29.3 Å². The molecule has 1 aliphatic heterocycles. The maximum atomic E-state index is 13.2. The van der Waals surface area contributed by atoms with Crippen LogP contribution >= 0.6 is 23.1 Å². The number of primary amides is 1. The molecule has 0 unspecified atom stereocenters. The van der Waals surface area contributed by atoms with Crippen LogP contribution in [0.2, 0.25) is 0 Å². The van der Waals surface area contributed by atoms with E-state index in [2.05, 4.69) is 9.97 Å². The number of halogens is 1. The van der Waals surface area contributed by atoms with E-state index in [9.17, 15) is 14.0 Å². The van der Waals surface area contributed by atoms with Gasteiger partial charge in [-0.1, -0.05) is 23.9 Å². The Kier molecular flexibility index (Phi) is 5.77. The third-order valence-corrected chi connectivity index (χ3v) is 7.27. The molecule has 2 N–H and O–H groups in total. The van der Waals surface area contributed by atoms with Crippen LogP contribution in [0.5, 0.6) is 0 Å². The molecule has 3 aromatic rings. The fourth-order valence-corrected chi connectivity index (χ4v) is 5.43. The van der Waals surface area contributed by atoms with E-state index in [4.69, 9.17) is 5.73 Å². The van der Waals surface area contributed by atoms with Gasteiger partial charge in [0.15, 0.2) is 0 Å². The van der Waals surface area contributed by atoms with Crippen molar-refractivity contribution in [1.82, 2.24) is 14.9 Å². The Morgan fingerprint density at radius 1 is 1.21 bits per heavy atom. The first-order chi connectivity index (χ1) is 14.0. The van der Waals surface area contributed by atoms with Gasteiger partial charge in [-0.3, -0.25) is 9.59 Å². The van der Waals surface area contributed by atoms with Crippen LogP contribution in [-0.4, -0.2) is 45.5 Å². The molecule has 9 heteroatoms. The summed E-state index contributed by atoms with van der Waals surface area (Å²) in [5, 5.41) is 0.758. The maximum Gasteiger partial charge on any atom is 0.232 e. The average molecular weight is 431 g/mol. The monoisotopic (exact) mass is 430 g/mol. The van der Waals surface area contributed by atoms with Gasteiger partial charge < -0.3 is 10.6 Å². The Labute approximate surface area is 175 Å². The van der Waals surface area contributed by atoms with Crippen LogP contribution < -0.4 is 5.73 Å². The van der Waals surface area contributed by atoms with Crippen LogP contribution in [0.4, 0.5) is 4.39 Å². The third kappa shape index (κ3) is 4.40. The van der Waals surface area contributed by atoms with Crippen molar-refractivity contribution in [2.75, 3.05) is 18.8 Å². The number of piperidine rings is 1. The number of amides is 2. The minimum absolute atomic E-state index is 0.0278. The molecule has 29 heavy (non-hydrogen) atoms. The SMILES string of the molecule is NC(=O)C1CCN(C(=O)CSc2ncnc3cc(-c4ccc(F)cc4)sc23)CC1. The van der Waals surface area contributed by atoms with Crippen molar-refractivity contribution in [2.24, 2.45) is 11.7 Å². The van der Waals surface area contributed by atoms with Crippen molar-refractivity contribution in [2.45, 2.75) is 17.9 Å². The Morgan fingerprint density at radius 3 is 2.62 bits per heavy atom. The number of hydrogen-bond donors (Lipinski definition) is 1. The van der Waals surface area contributed by atoms with Gasteiger partial charge in [-0.2, -0.15) is 0 Å². The lowest BCUT2D eigenvalue weighted by atomic mass is 9.96. The van der Waals surface area contributed by atoms with E-state index in [1.54, 1.807) is 17.0 Å². The molecule has 2 aromatic heterocycles. The lowest BCUT2D eigenvalue weighted by Gasteiger charge is -2.30. The molecule has 6 nitrogen and oxygen atoms in total. The molecule has 150 valence electrons. The van der Waals surface area contributed by atoms with Gasteiger partial charge >= 0.3 is 0 Å². The van der Waals surface area contributed by atoms with Crippen molar-refractivity contribution in [3.05, 3.63) is 42.5 Å². The number of benzene rings is 1. The lowest BCUT2D eigenvalue weighted by molar-refractivity contribution is -0.132. The van der Waals surface area contributed by atoms with Crippen LogP contribution in [0.25, 0.3) is 20.7 Å². The highest BCUT2D eigenvalue weighted by molar-refractivity contribution is 8.00. The molecular weight excluding hydrogens is 411 g/mol. The summed E-state index contributed by atoms with van der Waals surface area (Å²) in [7, 11) is 0. The highest BCUT2D eigenvalue weighted by atomic mass is 32.2. The number of nitrogens with two attached hydrogens (primary N) is 1. The molecule has 0 saturated carbocycles. The second-order valence-electron chi connectivity index (χ2n) is 6.86. The quantitative estimate of drug-likeness (QED) is 0.495. The van der Waals surface area contributed by atoms with E-state index < -0.39 is 0 Å². The summed E-state index contributed by atoms with van der Waals surface area (Å²) in [5.41, 5.74) is 7.07. The topological polar surface area (TPSA) is 89.2 Å². The maximum absolute atomic E-state index is 13.2. The van der Waals surface area contributed by atoms with E-state index in [0.29, 0.717) is 25.9 Å². The van der Waals surface area contributed by atoms with Gasteiger partial charge in [0.05, 0.1) is 16.0 Å². The Bertz CT molecular complexity index is 1050. The lowest BCUT2D eigenvalue weighted by Crippen LogP contribution is -2.42. The second kappa shape index (κ2) is 8.46. The minimum atomic E-state index is -0.287. The number of thiophene rings is 1. The summed E-state index contributed by atoms with van der Waals surface area (Å²) >= 11 is 2.92. The molecular formula is C20H19FN4O2S2. The Morgan fingerprint density at radius 2 is 1.93 bits per heavy atom. The zero-order valence-electron chi connectivity index (χ0n) is 15.5. The molecule has 1 fully saturated rings. The number of likely N-dealkylation sites (tertiary alicyclic amines) is 1. The highest BCUT2D eigenvalue weighted by Gasteiger charge is 2.26. The summed E-state index contributed by atoms with van der Waals surface area (Å²) in [6.07, 6.45) is 2.74. The summed E-state index contributed by atoms with van der Waals surface area (Å²) in [6.45, 7) is 1.11. The molecule has 0 radical (unpaired) electrons. The first-order valence-electron chi connectivity index (χ1n) is 9.21. The molecule has 2 amide bonds. The number of thioether (sulfide) groups is 1. The fourth-order valence-electron chi connectivity index (χ4n) is 3.33. The van der Waals surface area contributed by atoms with E-state index in [0.717, 1.165) is 25.7 Å². The predicted molar refractivity (Wildman–Crippen MR) is 112 cm³/mol. The van der Waals surface area contributed by atoms with Crippen molar-refractivity contribution < 1.29 is 14.0 Å². The Hall–Kier alpha value is -2.52. The standard InChI is InChI=1S/C20H19FN4O2S2/c21-14-3-1-12(2-4-14)16-9-15-18(29-16)20(24-11-23-15)28-10-17(26)25-7-5-13(6-8-25)19(22)27/h1-4,9,11,13H,5-8,10H2,(H2,22,27). The fraction of sp³-hybridized carbons (Fsp3) is 0.300. The molecule has 0 bridgehead atoms. The second-order valence-corrected chi connectivity index (χ2v) is 8.87. The van der Waals surface area contributed by atoms with Gasteiger partial charge in [0.2, 0.25) is 11.8 Å². The number of rotatable bonds is 5. The Balaban J connectivity index is 1.45. The molecule has 1 aliphatic rings. The van der Waals surface area contributed by atoms with E-state index >= 15 is 0 Å².